The van der Waals surface area contributed by atoms with Gasteiger partial charge in [0.2, 0.25) is 0 Å². The van der Waals surface area contributed by atoms with Crippen molar-refractivity contribution in [3.63, 3.8) is 0 Å². The number of nitrogens with zero attached hydrogens (tertiary/aromatic N) is 5. The zero-order chi connectivity index (χ0) is 17.6. The van der Waals surface area contributed by atoms with Gasteiger partial charge in [0, 0.05) is 48.2 Å². The van der Waals surface area contributed by atoms with Crippen LogP contribution in [0.25, 0.3) is 0 Å². The van der Waals surface area contributed by atoms with E-state index in [4.69, 9.17) is 4.98 Å². The molecule has 0 aliphatic carbocycles. The van der Waals surface area contributed by atoms with Gasteiger partial charge in [0.25, 0.3) is 0 Å². The smallest absolute Gasteiger partial charge is 0.187 e. The van der Waals surface area contributed by atoms with Gasteiger partial charge in [-0.05, 0) is 51.4 Å². The quantitative estimate of drug-likeness (QED) is 0.533. The fraction of sp³-hybridized carbons (Fsp3) is 0.632. The Kier molecular flexibility index (Phi) is 6.53. The highest BCUT2D eigenvalue weighted by Crippen LogP contribution is 2.27. The van der Waals surface area contributed by atoms with Crippen LogP contribution in [0.2, 0.25) is 0 Å². The summed E-state index contributed by atoms with van der Waals surface area (Å²) in [7, 11) is 0. The van der Waals surface area contributed by atoms with Crippen LogP contribution in [0.15, 0.2) is 29.0 Å². The molecule has 0 amide bonds. The van der Waals surface area contributed by atoms with Crippen molar-refractivity contribution in [2.45, 2.75) is 43.3 Å². The lowest BCUT2D eigenvalue weighted by Gasteiger charge is -2.31. The number of aromatic nitrogens is 3. The van der Waals surface area contributed by atoms with Crippen molar-refractivity contribution >= 4 is 23.1 Å². The number of hydrogen-bond acceptors (Lipinski definition) is 7. The number of thioether (sulfide) groups is 1. The van der Waals surface area contributed by atoms with Crippen molar-refractivity contribution in [1.82, 2.24) is 24.8 Å². The summed E-state index contributed by atoms with van der Waals surface area (Å²) in [5, 5.41) is 4.22. The van der Waals surface area contributed by atoms with E-state index in [1.807, 2.05) is 12.4 Å². The van der Waals surface area contributed by atoms with Crippen LogP contribution >= 0.6 is 23.1 Å². The Bertz CT molecular complexity index is 672. The van der Waals surface area contributed by atoms with E-state index >= 15 is 0 Å². The normalized spacial score (nSPS) is 22.1. The van der Waals surface area contributed by atoms with Crippen molar-refractivity contribution in [3.05, 3.63) is 34.5 Å². The molecule has 0 saturated carbocycles. The Morgan fingerprint density at radius 1 is 1.08 bits per heavy atom. The lowest BCUT2D eigenvalue weighted by Crippen LogP contribution is -2.34. The van der Waals surface area contributed by atoms with Crippen molar-refractivity contribution < 1.29 is 0 Å². The van der Waals surface area contributed by atoms with E-state index in [-0.39, 0.29) is 0 Å². The summed E-state index contributed by atoms with van der Waals surface area (Å²) >= 11 is 3.55. The van der Waals surface area contributed by atoms with Gasteiger partial charge in [-0.25, -0.2) is 15.0 Å². The van der Waals surface area contributed by atoms with Crippen LogP contribution in [-0.2, 0) is 6.54 Å². The number of hydrogen-bond donors (Lipinski definition) is 0. The maximum Gasteiger partial charge on any atom is 0.187 e. The second kappa shape index (κ2) is 9.26. The van der Waals surface area contributed by atoms with Gasteiger partial charge in [-0.1, -0.05) is 11.8 Å². The SMILES string of the molecule is c1cc(C2CCCN(Cc3nccs3)C2)nc(SCCN2CCCC2)n1. The van der Waals surface area contributed by atoms with Crippen LogP contribution < -0.4 is 0 Å². The van der Waals surface area contributed by atoms with Gasteiger partial charge in [-0.2, -0.15) is 0 Å². The van der Waals surface area contributed by atoms with Crippen LogP contribution in [-0.4, -0.2) is 63.2 Å². The third kappa shape index (κ3) is 5.03. The molecule has 0 bridgehead atoms. The van der Waals surface area contributed by atoms with Gasteiger partial charge in [0.1, 0.15) is 5.01 Å². The first kappa shape index (κ1) is 18.3. The van der Waals surface area contributed by atoms with Gasteiger partial charge in [-0.3, -0.25) is 4.90 Å². The third-order valence-corrected chi connectivity index (χ3v) is 6.86. The zero-order valence-electron chi connectivity index (χ0n) is 15.2. The third-order valence-electron chi connectivity index (χ3n) is 5.26. The molecule has 26 heavy (non-hydrogen) atoms. The highest BCUT2D eigenvalue weighted by Gasteiger charge is 2.23. The van der Waals surface area contributed by atoms with Crippen LogP contribution in [0, 0.1) is 0 Å². The summed E-state index contributed by atoms with van der Waals surface area (Å²) < 4.78 is 0. The molecule has 140 valence electrons. The Balaban J connectivity index is 1.31. The minimum Gasteiger partial charge on any atom is -0.303 e. The van der Waals surface area contributed by atoms with Crippen molar-refractivity contribution in [2.24, 2.45) is 0 Å². The number of likely N-dealkylation sites (tertiary alicyclic amines) is 2. The molecule has 5 nitrogen and oxygen atoms in total. The van der Waals surface area contributed by atoms with E-state index in [0.29, 0.717) is 5.92 Å². The van der Waals surface area contributed by atoms with Gasteiger partial charge < -0.3 is 4.90 Å². The molecule has 0 N–H and O–H groups in total. The highest BCUT2D eigenvalue weighted by molar-refractivity contribution is 7.99. The second-order valence-corrected chi connectivity index (χ2v) is 9.20. The number of piperidine rings is 1. The first-order valence-electron chi connectivity index (χ1n) is 9.65. The molecule has 0 radical (unpaired) electrons. The average Bonchev–Trinajstić information content (AvgIpc) is 3.37. The largest absolute Gasteiger partial charge is 0.303 e. The molecule has 2 aliphatic heterocycles. The minimum atomic E-state index is 0.518. The van der Waals surface area contributed by atoms with E-state index < -0.39 is 0 Å². The lowest BCUT2D eigenvalue weighted by molar-refractivity contribution is 0.198. The first-order chi connectivity index (χ1) is 12.9. The molecule has 2 fully saturated rings. The van der Waals surface area contributed by atoms with E-state index in [9.17, 15) is 0 Å². The number of thiazole rings is 1. The Hall–Kier alpha value is -1.02. The van der Waals surface area contributed by atoms with Crippen molar-refractivity contribution in [2.75, 3.05) is 38.5 Å². The summed E-state index contributed by atoms with van der Waals surface area (Å²) in [5.74, 6) is 1.61. The Morgan fingerprint density at radius 3 is 2.81 bits per heavy atom. The van der Waals surface area contributed by atoms with Crippen LogP contribution in [0.5, 0.6) is 0 Å². The molecule has 1 atom stereocenters. The molecule has 2 aromatic rings. The standard InChI is InChI=1S/C19H27N5S2/c1-2-9-23(8-1)11-13-26-19-21-6-5-17(22-19)16-4-3-10-24(14-16)15-18-20-7-12-25-18/h5-7,12,16H,1-4,8-11,13-15H2. The second-order valence-electron chi connectivity index (χ2n) is 7.16. The topological polar surface area (TPSA) is 45.2 Å². The fourth-order valence-corrected chi connectivity index (χ4v) is 5.38. The Morgan fingerprint density at radius 2 is 1.96 bits per heavy atom. The molecule has 4 rings (SSSR count). The summed E-state index contributed by atoms with van der Waals surface area (Å²) in [6.07, 6.45) is 9.02. The van der Waals surface area contributed by atoms with Gasteiger partial charge in [0.05, 0.1) is 6.54 Å². The van der Waals surface area contributed by atoms with E-state index in [1.54, 1.807) is 23.1 Å². The predicted molar refractivity (Wildman–Crippen MR) is 108 cm³/mol. The van der Waals surface area contributed by atoms with E-state index in [2.05, 4.69) is 31.2 Å². The monoisotopic (exact) mass is 389 g/mol. The molecule has 2 aromatic heterocycles. The Labute approximate surface area is 164 Å². The summed E-state index contributed by atoms with van der Waals surface area (Å²) in [6, 6.07) is 2.11. The molecule has 2 saturated heterocycles. The molecule has 0 spiro atoms. The van der Waals surface area contributed by atoms with Gasteiger partial charge in [-0.15, -0.1) is 11.3 Å². The number of rotatable bonds is 7. The van der Waals surface area contributed by atoms with Crippen molar-refractivity contribution in [3.8, 4) is 0 Å². The molecule has 4 heterocycles. The van der Waals surface area contributed by atoms with E-state index in [1.165, 1.54) is 56.0 Å². The predicted octanol–water partition coefficient (Wildman–Crippen LogP) is 3.50. The van der Waals surface area contributed by atoms with Crippen LogP contribution in [0.4, 0.5) is 0 Å². The lowest BCUT2D eigenvalue weighted by atomic mass is 9.94. The first-order valence-corrected chi connectivity index (χ1v) is 11.5. The van der Waals surface area contributed by atoms with Gasteiger partial charge >= 0.3 is 0 Å². The van der Waals surface area contributed by atoms with Gasteiger partial charge in [0.15, 0.2) is 5.16 Å². The summed E-state index contributed by atoms with van der Waals surface area (Å²) in [5.41, 5.74) is 1.22. The maximum atomic E-state index is 4.89. The molecule has 0 aromatic carbocycles. The maximum absolute atomic E-state index is 4.89. The van der Waals surface area contributed by atoms with Crippen LogP contribution in [0.1, 0.15) is 42.3 Å². The zero-order valence-corrected chi connectivity index (χ0v) is 16.9. The minimum absolute atomic E-state index is 0.518. The van der Waals surface area contributed by atoms with Crippen molar-refractivity contribution in [1.29, 1.82) is 0 Å². The highest BCUT2D eigenvalue weighted by atomic mass is 32.2. The summed E-state index contributed by atoms with van der Waals surface area (Å²) in [6.45, 7) is 6.89. The molecule has 1 unspecified atom stereocenters. The molecular formula is C19H27N5S2. The summed E-state index contributed by atoms with van der Waals surface area (Å²) in [4.78, 5) is 18.9. The van der Waals surface area contributed by atoms with Crippen LogP contribution in [0.3, 0.4) is 0 Å². The van der Waals surface area contributed by atoms with E-state index in [0.717, 1.165) is 30.5 Å². The average molecular weight is 390 g/mol. The molecule has 2 aliphatic rings. The fourth-order valence-electron chi connectivity index (χ4n) is 3.89. The molecular weight excluding hydrogens is 362 g/mol. The molecule has 7 heteroatoms.